The summed E-state index contributed by atoms with van der Waals surface area (Å²) in [6.45, 7) is 0.488. The van der Waals surface area contributed by atoms with E-state index in [9.17, 15) is 4.79 Å². The molecule has 2 unspecified atom stereocenters. The first-order valence-electron chi connectivity index (χ1n) is 13.0. The molecule has 3 heterocycles. The lowest BCUT2D eigenvalue weighted by atomic mass is 9.89. The molecule has 0 saturated heterocycles. The highest BCUT2D eigenvalue weighted by atomic mass is 32.2. The Morgan fingerprint density at radius 3 is 2.83 bits per heavy atom. The summed E-state index contributed by atoms with van der Waals surface area (Å²) in [5, 5.41) is 8.21. The first-order valence-corrected chi connectivity index (χ1v) is 14.8. The second kappa shape index (κ2) is 12.9. The van der Waals surface area contributed by atoms with Crippen molar-refractivity contribution >= 4 is 49.6 Å². The summed E-state index contributed by atoms with van der Waals surface area (Å²) < 4.78 is 42.4. The zero-order valence-corrected chi connectivity index (χ0v) is 24.8. The van der Waals surface area contributed by atoms with Crippen LogP contribution in [0.4, 0.5) is 8.78 Å². The molecular formula is C31H28F2N3O4PS. The number of aliphatic hydroxyl groups is 1. The summed E-state index contributed by atoms with van der Waals surface area (Å²) in [6.07, 6.45) is 9.88. The van der Waals surface area contributed by atoms with Gasteiger partial charge in [0.25, 0.3) is 0 Å². The molecule has 3 N–H and O–H groups in total. The highest BCUT2D eigenvalue weighted by Crippen LogP contribution is 2.42. The second-order valence-corrected chi connectivity index (χ2v) is 10.6. The summed E-state index contributed by atoms with van der Waals surface area (Å²) in [4.78, 5) is 22.3. The van der Waals surface area contributed by atoms with E-state index in [4.69, 9.17) is 14.6 Å². The Labute approximate surface area is 247 Å². The van der Waals surface area contributed by atoms with Crippen LogP contribution >= 0.6 is 21.0 Å². The van der Waals surface area contributed by atoms with Crippen LogP contribution in [0.3, 0.4) is 0 Å². The number of benzene rings is 3. The maximum absolute atomic E-state index is 15.4. The van der Waals surface area contributed by atoms with Crippen molar-refractivity contribution in [1.82, 2.24) is 15.0 Å². The van der Waals surface area contributed by atoms with Crippen LogP contribution in [0.15, 0.2) is 65.8 Å². The van der Waals surface area contributed by atoms with Crippen molar-refractivity contribution in [3.05, 3.63) is 89.4 Å². The van der Waals surface area contributed by atoms with Gasteiger partial charge in [0.15, 0.2) is 11.6 Å². The number of carbonyl (C=O) groups is 1. The predicted octanol–water partition coefficient (Wildman–Crippen LogP) is 6.59. The number of imidazole rings is 1. The molecule has 1 aliphatic rings. The van der Waals surface area contributed by atoms with Gasteiger partial charge in [-0.15, -0.1) is 11.8 Å². The van der Waals surface area contributed by atoms with Gasteiger partial charge in [0.05, 0.1) is 22.6 Å². The Hall–Kier alpha value is -3.98. The van der Waals surface area contributed by atoms with Gasteiger partial charge in [-0.25, -0.2) is 13.8 Å². The van der Waals surface area contributed by atoms with Crippen molar-refractivity contribution in [3.8, 4) is 28.6 Å². The van der Waals surface area contributed by atoms with Gasteiger partial charge in [-0.05, 0) is 49.1 Å². The van der Waals surface area contributed by atoms with Gasteiger partial charge >= 0.3 is 0 Å². The molecule has 0 amide bonds. The number of hydrogen-bond acceptors (Lipinski definition) is 6. The highest BCUT2D eigenvalue weighted by Gasteiger charge is 2.27. The summed E-state index contributed by atoms with van der Waals surface area (Å²) in [5.74, 6) is 0.377. The lowest BCUT2D eigenvalue weighted by molar-refractivity contribution is -0.104. The number of nitrogens with zero attached hydrogens (tertiary/aromatic N) is 1. The van der Waals surface area contributed by atoms with Crippen LogP contribution in [0.25, 0.3) is 28.4 Å². The molecule has 5 aromatic rings. The smallest absolute Gasteiger partial charge is 0.177 e. The normalized spacial score (nSPS) is 14.3. The lowest BCUT2D eigenvalue weighted by Gasteiger charge is -2.26. The van der Waals surface area contributed by atoms with Crippen LogP contribution in [-0.4, -0.2) is 46.3 Å². The van der Waals surface area contributed by atoms with Crippen molar-refractivity contribution < 1.29 is 28.2 Å². The number of rotatable bonds is 7. The number of aldehydes is 1. The number of aromatic nitrogens is 3. The zero-order valence-electron chi connectivity index (χ0n) is 22.8. The largest absolute Gasteiger partial charge is 0.493 e. The number of halogens is 2. The molecule has 42 heavy (non-hydrogen) atoms. The predicted molar refractivity (Wildman–Crippen MR) is 165 cm³/mol. The fourth-order valence-electron chi connectivity index (χ4n) is 5.09. The standard InChI is InChI=1S/C30H24F2N3O3PS.CH4O/c1-40-29-20-9-11-33-25(20)28(39)24(32)27(29)38-17-7-8-22(31)21(14-17)30-34-15-23(35-30)18-10-13-37-26-16(5-3-12-36)4-2-6-19(18)26;1-2/h2-9,11-12,14-15,18,33H,10,13,39H2,1H3,(H,34,35);2H,1H3/b5-3+;. The molecule has 2 aromatic heterocycles. The van der Waals surface area contributed by atoms with Gasteiger partial charge < -0.3 is 24.5 Å². The van der Waals surface area contributed by atoms with Crippen LogP contribution in [0.5, 0.6) is 17.2 Å². The SMILES string of the molecule is CO.CSc1c(Oc2ccc(F)c(-c3ncc(C4CCOc5c(/C=C/C=O)cccc54)[nH]3)c2)c(F)c(P)c2[nH]ccc12. The molecule has 216 valence electrons. The van der Waals surface area contributed by atoms with E-state index in [2.05, 4.69) is 24.2 Å². The van der Waals surface area contributed by atoms with Gasteiger partial charge in [0.1, 0.15) is 29.4 Å². The number of para-hydroxylation sites is 1. The molecule has 0 fully saturated rings. The van der Waals surface area contributed by atoms with E-state index in [0.717, 1.165) is 35.6 Å². The quantitative estimate of drug-likeness (QED) is 0.0836. The second-order valence-electron chi connectivity index (χ2n) is 9.24. The number of carbonyl (C=O) groups excluding carboxylic acids is 1. The molecule has 3 aromatic carbocycles. The highest BCUT2D eigenvalue weighted by molar-refractivity contribution is 7.99. The lowest BCUT2D eigenvalue weighted by Crippen LogP contribution is -2.16. The van der Waals surface area contributed by atoms with Crippen molar-refractivity contribution in [2.45, 2.75) is 17.2 Å². The number of fused-ring (bicyclic) bond motifs is 2. The summed E-state index contributed by atoms with van der Waals surface area (Å²) in [7, 11) is 3.42. The van der Waals surface area contributed by atoms with E-state index in [-0.39, 0.29) is 23.0 Å². The van der Waals surface area contributed by atoms with Gasteiger partial charge in [-0.2, -0.15) is 0 Å². The topological polar surface area (TPSA) is 100 Å². The Bertz CT molecular complexity index is 1790. The Morgan fingerprint density at radius 1 is 1.21 bits per heavy atom. The number of hydrogen-bond donors (Lipinski definition) is 3. The molecule has 1 aliphatic heterocycles. The van der Waals surface area contributed by atoms with Gasteiger partial charge in [0.2, 0.25) is 0 Å². The van der Waals surface area contributed by atoms with Crippen LogP contribution in [0.2, 0.25) is 0 Å². The van der Waals surface area contributed by atoms with E-state index in [1.807, 2.05) is 30.5 Å². The average Bonchev–Trinajstić information content (AvgIpc) is 3.71. The van der Waals surface area contributed by atoms with E-state index in [0.29, 0.717) is 40.3 Å². The molecule has 7 nitrogen and oxygen atoms in total. The summed E-state index contributed by atoms with van der Waals surface area (Å²) in [6, 6.07) is 11.9. The number of nitrogens with one attached hydrogen (secondary N) is 2. The molecule has 0 saturated carbocycles. The van der Waals surface area contributed by atoms with E-state index >= 15 is 8.78 Å². The van der Waals surface area contributed by atoms with E-state index in [1.54, 1.807) is 18.5 Å². The Morgan fingerprint density at radius 2 is 2.05 bits per heavy atom. The molecule has 0 radical (unpaired) electrons. The van der Waals surface area contributed by atoms with Gasteiger partial charge in [0, 0.05) is 52.9 Å². The molecule has 2 atom stereocenters. The molecule has 0 aliphatic carbocycles. The summed E-state index contributed by atoms with van der Waals surface area (Å²) in [5.41, 5.74) is 3.47. The average molecular weight is 608 g/mol. The number of thioether (sulfide) groups is 1. The third kappa shape index (κ3) is 5.45. The minimum Gasteiger partial charge on any atom is -0.493 e. The number of ether oxygens (including phenoxy) is 2. The summed E-state index contributed by atoms with van der Waals surface area (Å²) >= 11 is 1.38. The maximum atomic E-state index is 15.4. The Balaban J connectivity index is 0.00000173. The third-order valence-corrected chi connectivity index (χ3v) is 8.31. The van der Waals surface area contributed by atoms with Crippen molar-refractivity contribution in [3.63, 3.8) is 0 Å². The van der Waals surface area contributed by atoms with Crippen LogP contribution in [0.1, 0.15) is 29.2 Å². The number of aliphatic hydroxyl groups excluding tert-OH is 1. The third-order valence-electron chi connectivity index (χ3n) is 6.95. The zero-order chi connectivity index (χ0) is 29.8. The van der Waals surface area contributed by atoms with Crippen molar-refractivity contribution in [2.24, 2.45) is 0 Å². The molecule has 11 heteroatoms. The van der Waals surface area contributed by atoms with Crippen LogP contribution in [0, 0.1) is 11.6 Å². The molecular weight excluding hydrogens is 579 g/mol. The van der Waals surface area contributed by atoms with Gasteiger partial charge in [-0.1, -0.05) is 27.4 Å². The fraction of sp³-hybridized carbons (Fsp3) is 0.161. The fourth-order valence-corrected chi connectivity index (χ4v) is 6.17. The van der Waals surface area contributed by atoms with Gasteiger partial charge in [-0.3, -0.25) is 4.79 Å². The minimum absolute atomic E-state index is 0.0520. The van der Waals surface area contributed by atoms with E-state index < -0.39 is 11.6 Å². The maximum Gasteiger partial charge on any atom is 0.177 e. The first-order chi connectivity index (χ1) is 20.5. The van der Waals surface area contributed by atoms with Crippen LogP contribution < -0.4 is 14.8 Å². The number of aromatic amines is 2. The van der Waals surface area contributed by atoms with Crippen LogP contribution in [-0.2, 0) is 4.79 Å². The monoisotopic (exact) mass is 607 g/mol. The van der Waals surface area contributed by atoms with Crippen molar-refractivity contribution in [2.75, 3.05) is 20.0 Å². The van der Waals surface area contributed by atoms with E-state index in [1.165, 1.54) is 36.0 Å². The first kappa shape index (κ1) is 29.5. The minimum atomic E-state index is -0.504. The molecule has 6 rings (SSSR count). The molecule has 0 spiro atoms. The van der Waals surface area contributed by atoms with Crippen molar-refractivity contribution in [1.29, 1.82) is 0 Å². The Kier molecular flexibility index (Phi) is 9.06. The number of H-pyrrole nitrogens is 2. The number of allylic oxidation sites excluding steroid dienone is 1. The molecule has 0 bridgehead atoms.